The zero-order valence-electron chi connectivity index (χ0n) is 10.0. The van der Waals surface area contributed by atoms with Crippen LogP contribution in [-0.4, -0.2) is 18.4 Å². The molecule has 0 spiro atoms. The first-order valence-corrected chi connectivity index (χ1v) is 5.39. The molecule has 0 aliphatic carbocycles. The lowest BCUT2D eigenvalue weighted by molar-refractivity contribution is -0.274. The largest absolute Gasteiger partial charge is 0.573 e. The normalized spacial score (nSPS) is 11.4. The van der Waals surface area contributed by atoms with E-state index in [0.29, 0.717) is 12.4 Å². The van der Waals surface area contributed by atoms with Gasteiger partial charge in [0.2, 0.25) is 0 Å². The highest BCUT2D eigenvalue weighted by Gasteiger charge is 2.31. The molecule has 0 saturated carbocycles. The second kappa shape index (κ2) is 5.21. The molecule has 102 valence electrons. The Morgan fingerprint density at radius 3 is 2.63 bits per heavy atom. The van der Waals surface area contributed by atoms with E-state index in [1.54, 1.807) is 30.3 Å². The second-order valence-electron chi connectivity index (χ2n) is 3.84. The van der Waals surface area contributed by atoms with Crippen molar-refractivity contribution < 1.29 is 22.3 Å². The first-order valence-electron chi connectivity index (χ1n) is 5.39. The minimum atomic E-state index is -4.71. The van der Waals surface area contributed by atoms with Crippen LogP contribution in [0.15, 0.2) is 41.1 Å². The molecule has 0 saturated heterocycles. The van der Waals surface area contributed by atoms with Crippen LogP contribution >= 0.6 is 0 Å². The Morgan fingerprint density at radius 2 is 2.11 bits per heavy atom. The van der Waals surface area contributed by atoms with Crippen LogP contribution < -0.4 is 9.64 Å². The van der Waals surface area contributed by atoms with Gasteiger partial charge >= 0.3 is 6.36 Å². The highest BCUT2D eigenvalue weighted by Crippen LogP contribution is 2.23. The quantitative estimate of drug-likeness (QED) is 0.856. The number of hydrogen-bond acceptors (Lipinski definition) is 4. The molecule has 2 aromatic rings. The third-order valence-electron chi connectivity index (χ3n) is 2.32. The molecule has 0 aliphatic rings. The van der Waals surface area contributed by atoms with E-state index in [-0.39, 0.29) is 5.75 Å². The molecule has 0 aromatic carbocycles. The van der Waals surface area contributed by atoms with Gasteiger partial charge in [0.1, 0.15) is 17.3 Å². The fourth-order valence-corrected chi connectivity index (χ4v) is 1.51. The second-order valence-corrected chi connectivity index (χ2v) is 3.84. The van der Waals surface area contributed by atoms with Crippen LogP contribution in [0.5, 0.6) is 5.75 Å². The maximum Gasteiger partial charge on any atom is 0.573 e. The molecule has 0 amide bonds. The van der Waals surface area contributed by atoms with Crippen molar-refractivity contribution in [3.63, 3.8) is 0 Å². The monoisotopic (exact) mass is 272 g/mol. The molecule has 7 heteroatoms. The molecule has 2 rings (SSSR count). The Bertz CT molecular complexity index is 509. The van der Waals surface area contributed by atoms with E-state index in [1.165, 1.54) is 12.1 Å². The lowest BCUT2D eigenvalue weighted by atomic mass is 10.4. The Balaban J connectivity index is 2.01. The van der Waals surface area contributed by atoms with E-state index in [0.717, 1.165) is 12.0 Å². The van der Waals surface area contributed by atoms with E-state index < -0.39 is 6.36 Å². The summed E-state index contributed by atoms with van der Waals surface area (Å²) in [6, 6.07) is 6.23. The number of nitrogens with zero attached hydrogens (tertiary/aromatic N) is 2. The molecule has 2 aromatic heterocycles. The lowest BCUT2D eigenvalue weighted by Gasteiger charge is -2.17. The van der Waals surface area contributed by atoms with Gasteiger partial charge in [-0.25, -0.2) is 4.98 Å². The summed E-state index contributed by atoms with van der Waals surface area (Å²) >= 11 is 0. The van der Waals surface area contributed by atoms with Crippen molar-refractivity contribution in [3.05, 3.63) is 42.5 Å². The van der Waals surface area contributed by atoms with Crippen LogP contribution in [0.3, 0.4) is 0 Å². The van der Waals surface area contributed by atoms with Gasteiger partial charge in [0.25, 0.3) is 0 Å². The van der Waals surface area contributed by atoms with Crippen LogP contribution in [0.2, 0.25) is 0 Å². The minimum absolute atomic E-state index is 0.345. The van der Waals surface area contributed by atoms with E-state index in [2.05, 4.69) is 9.72 Å². The molecular weight excluding hydrogens is 261 g/mol. The van der Waals surface area contributed by atoms with Crippen LogP contribution in [0.1, 0.15) is 5.76 Å². The molecule has 0 aliphatic heterocycles. The van der Waals surface area contributed by atoms with Gasteiger partial charge in [-0.1, -0.05) is 0 Å². The summed E-state index contributed by atoms with van der Waals surface area (Å²) in [6.07, 6.45) is -2.12. The zero-order chi connectivity index (χ0) is 13.9. The first kappa shape index (κ1) is 13.3. The van der Waals surface area contributed by atoms with Crippen molar-refractivity contribution in [1.82, 2.24) is 4.98 Å². The Hall–Kier alpha value is -2.18. The number of rotatable bonds is 4. The summed E-state index contributed by atoms with van der Waals surface area (Å²) in [7, 11) is 1.76. The zero-order valence-corrected chi connectivity index (χ0v) is 10.0. The van der Waals surface area contributed by atoms with Gasteiger partial charge in [0.15, 0.2) is 0 Å². The molecular formula is C12H11F3N2O2. The Morgan fingerprint density at radius 1 is 1.32 bits per heavy atom. The van der Waals surface area contributed by atoms with Gasteiger partial charge in [0.05, 0.1) is 19.0 Å². The molecule has 0 unspecified atom stereocenters. The number of alkyl halides is 3. The standard InChI is InChI=1S/C12H11F3N2O2/c1-17(8-10-3-2-6-18-10)11-5-4-9(7-16-11)19-12(13,14)15/h2-7H,8H2,1H3. The third-order valence-corrected chi connectivity index (χ3v) is 2.32. The number of halogens is 3. The predicted molar refractivity (Wildman–Crippen MR) is 61.7 cm³/mol. The summed E-state index contributed by atoms with van der Waals surface area (Å²) in [5, 5.41) is 0. The predicted octanol–water partition coefficient (Wildman–Crippen LogP) is 3.21. The molecule has 4 nitrogen and oxygen atoms in total. The number of pyridine rings is 1. The molecule has 2 heterocycles. The summed E-state index contributed by atoms with van der Waals surface area (Å²) in [6.45, 7) is 0.472. The average molecular weight is 272 g/mol. The van der Waals surface area contributed by atoms with Crippen molar-refractivity contribution in [3.8, 4) is 5.75 Å². The molecule has 0 N–H and O–H groups in total. The summed E-state index contributed by atoms with van der Waals surface area (Å²) in [5.74, 6) is 0.911. The van der Waals surface area contributed by atoms with Gasteiger partial charge in [0, 0.05) is 7.05 Å². The first-order chi connectivity index (χ1) is 8.94. The van der Waals surface area contributed by atoms with Gasteiger partial charge in [-0.2, -0.15) is 0 Å². The van der Waals surface area contributed by atoms with E-state index in [9.17, 15) is 13.2 Å². The number of hydrogen-bond donors (Lipinski definition) is 0. The highest BCUT2D eigenvalue weighted by atomic mass is 19.4. The molecule has 0 atom stereocenters. The van der Waals surface area contributed by atoms with Gasteiger partial charge in [-0.15, -0.1) is 13.2 Å². The van der Waals surface area contributed by atoms with Crippen molar-refractivity contribution in [2.75, 3.05) is 11.9 Å². The summed E-state index contributed by atoms with van der Waals surface area (Å²) in [4.78, 5) is 5.65. The van der Waals surface area contributed by atoms with Crippen molar-refractivity contribution in [1.29, 1.82) is 0 Å². The molecule has 0 radical (unpaired) electrons. The molecule has 0 bridgehead atoms. The number of furan rings is 1. The van der Waals surface area contributed by atoms with E-state index in [1.807, 2.05) is 0 Å². The summed E-state index contributed by atoms with van der Waals surface area (Å²) in [5.41, 5.74) is 0. The van der Waals surface area contributed by atoms with Crippen molar-refractivity contribution in [2.24, 2.45) is 0 Å². The molecule has 19 heavy (non-hydrogen) atoms. The van der Waals surface area contributed by atoms with Gasteiger partial charge in [-0.05, 0) is 24.3 Å². The van der Waals surface area contributed by atoms with Crippen LogP contribution in [0.4, 0.5) is 19.0 Å². The smallest absolute Gasteiger partial charge is 0.467 e. The van der Waals surface area contributed by atoms with Crippen LogP contribution in [0.25, 0.3) is 0 Å². The van der Waals surface area contributed by atoms with Gasteiger partial charge < -0.3 is 14.1 Å². The maximum absolute atomic E-state index is 12.0. The number of anilines is 1. The minimum Gasteiger partial charge on any atom is -0.467 e. The van der Waals surface area contributed by atoms with Crippen molar-refractivity contribution >= 4 is 5.82 Å². The van der Waals surface area contributed by atoms with Crippen molar-refractivity contribution in [2.45, 2.75) is 12.9 Å². The SMILES string of the molecule is CN(Cc1ccco1)c1ccc(OC(F)(F)F)cn1. The average Bonchev–Trinajstić information content (AvgIpc) is 2.80. The highest BCUT2D eigenvalue weighted by molar-refractivity contribution is 5.40. The lowest BCUT2D eigenvalue weighted by Crippen LogP contribution is -2.19. The van der Waals surface area contributed by atoms with Crippen LogP contribution in [-0.2, 0) is 6.54 Å². The van der Waals surface area contributed by atoms with Crippen LogP contribution in [0, 0.1) is 0 Å². The van der Waals surface area contributed by atoms with E-state index in [4.69, 9.17) is 4.42 Å². The number of ether oxygens (including phenoxy) is 1. The Kier molecular flexibility index (Phi) is 3.64. The fraction of sp³-hybridized carbons (Fsp3) is 0.250. The van der Waals surface area contributed by atoms with Gasteiger partial charge in [-0.3, -0.25) is 0 Å². The fourth-order valence-electron chi connectivity index (χ4n) is 1.51. The topological polar surface area (TPSA) is 38.5 Å². The maximum atomic E-state index is 12.0. The molecule has 0 fully saturated rings. The third kappa shape index (κ3) is 3.90. The summed E-state index contributed by atoms with van der Waals surface area (Å²) < 4.78 is 44.9. The Labute approximate surface area is 107 Å². The number of aromatic nitrogens is 1. The van der Waals surface area contributed by atoms with E-state index >= 15 is 0 Å².